The zero-order valence-electron chi connectivity index (χ0n) is 20.8. The highest BCUT2D eigenvalue weighted by Crippen LogP contribution is 2.26. The van der Waals surface area contributed by atoms with E-state index in [4.69, 9.17) is 0 Å². The summed E-state index contributed by atoms with van der Waals surface area (Å²) in [5, 5.41) is 9.81. The van der Waals surface area contributed by atoms with Crippen LogP contribution in [0.4, 0.5) is 15.8 Å². The Bertz CT molecular complexity index is 1320. The van der Waals surface area contributed by atoms with Gasteiger partial charge in [0, 0.05) is 54.9 Å². The molecule has 4 aromatic rings. The summed E-state index contributed by atoms with van der Waals surface area (Å²) in [6, 6.07) is 22.4. The second-order valence-corrected chi connectivity index (χ2v) is 8.97. The van der Waals surface area contributed by atoms with Crippen molar-refractivity contribution in [3.8, 4) is 0 Å². The van der Waals surface area contributed by atoms with E-state index >= 15 is 0 Å². The number of rotatable bonds is 7. The fraction of sp³-hybridized carbons (Fsp3) is 0.241. The second-order valence-electron chi connectivity index (χ2n) is 8.97. The van der Waals surface area contributed by atoms with Gasteiger partial charge in [-0.1, -0.05) is 36.4 Å². The van der Waals surface area contributed by atoms with Crippen molar-refractivity contribution >= 4 is 34.6 Å². The van der Waals surface area contributed by atoms with E-state index in [9.17, 15) is 14.0 Å². The minimum Gasteiger partial charge on any atom is -0.367 e. The highest BCUT2D eigenvalue weighted by atomic mass is 19.1. The average Bonchev–Trinajstić information content (AvgIpc) is 3.40. The van der Waals surface area contributed by atoms with Crippen molar-refractivity contribution in [2.24, 2.45) is 0 Å². The number of hydrogen-bond donors (Lipinski definition) is 4. The van der Waals surface area contributed by atoms with E-state index in [2.05, 4.69) is 38.0 Å². The average molecular weight is 502 g/mol. The van der Waals surface area contributed by atoms with E-state index in [0.717, 1.165) is 49.2 Å². The van der Waals surface area contributed by atoms with Gasteiger partial charge >= 0.3 is 0 Å². The molecule has 2 heterocycles. The number of nitrogens with zero attached hydrogens (tertiary/aromatic N) is 1. The van der Waals surface area contributed by atoms with Gasteiger partial charge in [-0.25, -0.2) is 4.39 Å². The minimum atomic E-state index is -0.344. The van der Waals surface area contributed by atoms with E-state index in [1.165, 1.54) is 17.7 Å². The molecule has 0 bridgehead atoms. The standard InChI is InChI=1S/C18H18N2O.C11H14FN3O/c1-13(12-14-6-3-2-4-7-14)20-18(21)16-8-5-9-17-15(16)10-11-19-17;12-9-1-2-11(10(7-9)14-8-16)15-5-3-13-4-6-15/h2-11,13,19H,12H2,1H3,(H,20,21);1-2,7-8,13H,3-6H2,(H,14,16). The predicted octanol–water partition coefficient (Wildman–Crippen LogP) is 4.33. The third-order valence-corrected chi connectivity index (χ3v) is 6.23. The maximum absolute atomic E-state index is 13.1. The molecule has 37 heavy (non-hydrogen) atoms. The van der Waals surface area contributed by atoms with Crippen molar-refractivity contribution in [2.75, 3.05) is 36.4 Å². The number of aromatic amines is 1. The Morgan fingerprint density at radius 3 is 2.59 bits per heavy atom. The van der Waals surface area contributed by atoms with Gasteiger partial charge in [0.05, 0.1) is 11.4 Å². The summed E-state index contributed by atoms with van der Waals surface area (Å²) in [6.07, 6.45) is 3.25. The Kier molecular flexibility index (Phi) is 8.89. The minimum absolute atomic E-state index is 0.0244. The van der Waals surface area contributed by atoms with Crippen molar-refractivity contribution in [3.05, 3.63) is 95.9 Å². The molecule has 3 aromatic carbocycles. The first-order valence-electron chi connectivity index (χ1n) is 12.4. The smallest absolute Gasteiger partial charge is 0.252 e. The van der Waals surface area contributed by atoms with E-state index in [-0.39, 0.29) is 17.8 Å². The molecular weight excluding hydrogens is 469 g/mol. The first-order chi connectivity index (χ1) is 18.0. The summed E-state index contributed by atoms with van der Waals surface area (Å²) >= 11 is 0. The Balaban J connectivity index is 0.000000180. The van der Waals surface area contributed by atoms with Gasteiger partial charge in [-0.3, -0.25) is 9.59 Å². The van der Waals surface area contributed by atoms with Crippen LogP contribution in [-0.4, -0.2) is 49.5 Å². The van der Waals surface area contributed by atoms with Crippen LogP contribution in [0.15, 0.2) is 79.0 Å². The van der Waals surface area contributed by atoms with E-state index in [1.807, 2.05) is 55.6 Å². The number of H-pyrrole nitrogens is 1. The summed E-state index contributed by atoms with van der Waals surface area (Å²) < 4.78 is 13.1. The van der Waals surface area contributed by atoms with Crippen LogP contribution < -0.4 is 20.9 Å². The molecule has 0 radical (unpaired) electrons. The molecule has 8 heteroatoms. The number of halogens is 1. The van der Waals surface area contributed by atoms with Crippen LogP contribution in [0.3, 0.4) is 0 Å². The van der Waals surface area contributed by atoms with Gasteiger partial charge in [0.25, 0.3) is 5.91 Å². The van der Waals surface area contributed by atoms with Crippen LogP contribution in [0.25, 0.3) is 10.9 Å². The van der Waals surface area contributed by atoms with E-state index in [0.29, 0.717) is 17.7 Å². The number of piperazine rings is 1. The molecule has 4 N–H and O–H groups in total. The Morgan fingerprint density at radius 1 is 1.05 bits per heavy atom. The second kappa shape index (κ2) is 12.7. The van der Waals surface area contributed by atoms with Crippen molar-refractivity contribution in [1.29, 1.82) is 0 Å². The van der Waals surface area contributed by atoms with Gasteiger partial charge in [-0.05, 0) is 55.3 Å². The Hall–Kier alpha value is -4.17. The molecule has 1 aliphatic rings. The van der Waals surface area contributed by atoms with Crippen LogP contribution in [0.1, 0.15) is 22.8 Å². The highest BCUT2D eigenvalue weighted by Gasteiger charge is 2.15. The number of nitrogens with one attached hydrogen (secondary N) is 4. The number of hydrogen-bond acceptors (Lipinski definition) is 4. The largest absolute Gasteiger partial charge is 0.367 e. The lowest BCUT2D eigenvalue weighted by molar-refractivity contribution is -0.105. The number of fused-ring (bicyclic) bond motifs is 1. The van der Waals surface area contributed by atoms with Crippen molar-refractivity contribution < 1.29 is 14.0 Å². The van der Waals surface area contributed by atoms with Gasteiger partial charge in [-0.15, -0.1) is 0 Å². The third-order valence-electron chi connectivity index (χ3n) is 6.23. The SMILES string of the molecule is CC(Cc1ccccc1)NC(=O)c1cccc2[nH]ccc12.O=CNc1cc(F)ccc1N1CCNCC1. The predicted molar refractivity (Wildman–Crippen MR) is 147 cm³/mol. The quantitative estimate of drug-likeness (QED) is 0.284. The maximum atomic E-state index is 13.1. The van der Waals surface area contributed by atoms with Gasteiger partial charge in [0.1, 0.15) is 5.82 Å². The first kappa shape index (κ1) is 25.9. The zero-order chi connectivity index (χ0) is 26.0. The summed E-state index contributed by atoms with van der Waals surface area (Å²) in [5.74, 6) is -0.369. The lowest BCUT2D eigenvalue weighted by atomic mass is 10.1. The summed E-state index contributed by atoms with van der Waals surface area (Å²) in [7, 11) is 0. The number of anilines is 2. The van der Waals surface area contributed by atoms with Crippen LogP contribution in [-0.2, 0) is 11.2 Å². The lowest BCUT2D eigenvalue weighted by Gasteiger charge is -2.30. The molecule has 0 spiro atoms. The molecule has 5 rings (SSSR count). The molecule has 1 saturated heterocycles. The van der Waals surface area contributed by atoms with Crippen molar-refractivity contribution in [2.45, 2.75) is 19.4 Å². The number of aromatic nitrogens is 1. The molecule has 1 aliphatic heterocycles. The molecule has 1 fully saturated rings. The van der Waals surface area contributed by atoms with Crippen LogP contribution in [0, 0.1) is 5.82 Å². The van der Waals surface area contributed by atoms with Crippen molar-refractivity contribution in [1.82, 2.24) is 15.6 Å². The number of amides is 2. The zero-order valence-corrected chi connectivity index (χ0v) is 20.8. The molecule has 7 nitrogen and oxygen atoms in total. The molecule has 192 valence electrons. The van der Waals surface area contributed by atoms with E-state index in [1.54, 1.807) is 6.07 Å². The van der Waals surface area contributed by atoms with Crippen LogP contribution >= 0.6 is 0 Å². The first-order valence-corrected chi connectivity index (χ1v) is 12.4. The topological polar surface area (TPSA) is 89.3 Å². The van der Waals surface area contributed by atoms with Gasteiger partial charge in [0.15, 0.2) is 0 Å². The van der Waals surface area contributed by atoms with Crippen LogP contribution in [0.2, 0.25) is 0 Å². The number of carbonyl (C=O) groups excluding carboxylic acids is 2. The molecule has 1 atom stereocenters. The van der Waals surface area contributed by atoms with Gasteiger partial charge in [0.2, 0.25) is 6.41 Å². The molecule has 2 amide bonds. The number of carbonyl (C=O) groups is 2. The maximum Gasteiger partial charge on any atom is 0.252 e. The Labute approximate surface area is 216 Å². The molecule has 1 unspecified atom stereocenters. The monoisotopic (exact) mass is 501 g/mol. The molecule has 0 saturated carbocycles. The summed E-state index contributed by atoms with van der Waals surface area (Å²) in [4.78, 5) is 28.1. The molecule has 0 aliphatic carbocycles. The fourth-order valence-electron chi connectivity index (χ4n) is 4.47. The molecular formula is C29H32FN5O2. The van der Waals surface area contributed by atoms with Gasteiger partial charge in [-0.2, -0.15) is 0 Å². The van der Waals surface area contributed by atoms with Crippen molar-refractivity contribution in [3.63, 3.8) is 0 Å². The van der Waals surface area contributed by atoms with Gasteiger partial charge < -0.3 is 25.8 Å². The fourth-order valence-corrected chi connectivity index (χ4v) is 4.47. The Morgan fingerprint density at radius 2 is 1.84 bits per heavy atom. The highest BCUT2D eigenvalue weighted by molar-refractivity contribution is 6.06. The third kappa shape index (κ3) is 6.95. The molecule has 1 aromatic heterocycles. The van der Waals surface area contributed by atoms with Crippen LogP contribution in [0.5, 0.6) is 0 Å². The summed E-state index contributed by atoms with van der Waals surface area (Å²) in [5.41, 5.74) is 4.32. The summed E-state index contributed by atoms with van der Waals surface area (Å²) in [6.45, 7) is 5.55. The normalized spacial score (nSPS) is 13.8. The van der Waals surface area contributed by atoms with E-state index < -0.39 is 0 Å². The lowest BCUT2D eigenvalue weighted by Crippen LogP contribution is -2.43. The number of benzene rings is 3.